The maximum absolute atomic E-state index is 14.0. The molecule has 1 amide bonds. The summed E-state index contributed by atoms with van der Waals surface area (Å²) in [6, 6.07) is 9.59. The van der Waals surface area contributed by atoms with Crippen LogP contribution >= 0.6 is 15.9 Å². The first kappa shape index (κ1) is 35.4. The molecule has 0 bridgehead atoms. The van der Waals surface area contributed by atoms with Crippen LogP contribution in [0.5, 0.6) is 0 Å². The number of hydrogen-bond acceptors (Lipinski definition) is 7. The first-order valence-electron chi connectivity index (χ1n) is 15.8. The fourth-order valence-corrected chi connectivity index (χ4v) is 9.83. The van der Waals surface area contributed by atoms with E-state index in [0.29, 0.717) is 40.3 Å². The van der Waals surface area contributed by atoms with Crippen molar-refractivity contribution in [3.63, 3.8) is 0 Å². The third kappa shape index (κ3) is 6.45. The molecular formula is C33H46BrN5O6SSi. The van der Waals surface area contributed by atoms with Gasteiger partial charge in [0, 0.05) is 18.5 Å². The topological polar surface area (TPSA) is 126 Å². The molecule has 1 aromatic carbocycles. The lowest BCUT2D eigenvalue weighted by atomic mass is 9.78. The highest BCUT2D eigenvalue weighted by atomic mass is 79.9. The van der Waals surface area contributed by atoms with Crippen molar-refractivity contribution in [1.29, 1.82) is 0 Å². The van der Waals surface area contributed by atoms with Crippen LogP contribution in [-0.2, 0) is 26.2 Å². The van der Waals surface area contributed by atoms with Crippen LogP contribution in [0.15, 0.2) is 56.9 Å². The minimum atomic E-state index is -4.00. The summed E-state index contributed by atoms with van der Waals surface area (Å²) in [6.07, 6.45) is 2.16. The van der Waals surface area contributed by atoms with Crippen LogP contribution in [0.2, 0.25) is 18.1 Å². The highest BCUT2D eigenvalue weighted by molar-refractivity contribution is 9.10. The summed E-state index contributed by atoms with van der Waals surface area (Å²) in [4.78, 5) is 31.8. The lowest BCUT2D eigenvalue weighted by Crippen LogP contribution is -2.62. The Labute approximate surface area is 286 Å². The smallest absolute Gasteiger partial charge is 0.408 e. The van der Waals surface area contributed by atoms with Gasteiger partial charge in [0.05, 0.1) is 33.8 Å². The molecule has 14 heteroatoms. The van der Waals surface area contributed by atoms with Crippen LogP contribution in [0.4, 0.5) is 4.79 Å². The predicted octanol–water partition coefficient (Wildman–Crippen LogP) is 7.09. The summed E-state index contributed by atoms with van der Waals surface area (Å²) in [5.74, 6) is 0. The van der Waals surface area contributed by atoms with E-state index in [-0.39, 0.29) is 27.3 Å². The van der Waals surface area contributed by atoms with Crippen LogP contribution in [0.3, 0.4) is 0 Å². The number of carbonyl (C=O) groups excluding carboxylic acids is 1. The van der Waals surface area contributed by atoms with Crippen molar-refractivity contribution in [2.75, 3.05) is 0 Å². The van der Waals surface area contributed by atoms with Gasteiger partial charge in [0.2, 0.25) is 0 Å². The quantitative estimate of drug-likeness (QED) is 0.209. The number of halogens is 1. The molecular weight excluding hydrogens is 702 g/mol. The van der Waals surface area contributed by atoms with Gasteiger partial charge in [-0.2, -0.15) is 0 Å². The Hall–Kier alpha value is -2.94. The number of aromatic nitrogens is 4. The molecule has 0 unspecified atom stereocenters. The zero-order valence-electron chi connectivity index (χ0n) is 28.8. The van der Waals surface area contributed by atoms with Gasteiger partial charge >= 0.3 is 11.8 Å². The van der Waals surface area contributed by atoms with Crippen molar-refractivity contribution < 1.29 is 22.4 Å². The van der Waals surface area contributed by atoms with Crippen LogP contribution in [0.1, 0.15) is 73.8 Å². The molecule has 3 atom stereocenters. The monoisotopic (exact) mass is 747 g/mol. The highest BCUT2D eigenvalue weighted by Crippen LogP contribution is 2.44. The Morgan fingerprint density at radius 2 is 1.77 bits per heavy atom. The van der Waals surface area contributed by atoms with Crippen molar-refractivity contribution in [3.8, 4) is 0 Å². The molecule has 0 spiro atoms. The minimum Gasteiger partial charge on any atom is -0.444 e. The zero-order chi connectivity index (χ0) is 34.9. The largest absolute Gasteiger partial charge is 0.444 e. The van der Waals surface area contributed by atoms with Gasteiger partial charge in [-0.05, 0) is 99.2 Å². The molecule has 1 aliphatic carbocycles. The van der Waals surface area contributed by atoms with E-state index in [1.54, 1.807) is 46.6 Å². The second kappa shape index (κ2) is 11.9. The molecule has 0 aliphatic heterocycles. The van der Waals surface area contributed by atoms with Crippen molar-refractivity contribution in [3.05, 3.63) is 57.7 Å². The molecule has 47 heavy (non-hydrogen) atoms. The number of nitrogens with one attached hydrogen (secondary N) is 1. The lowest BCUT2D eigenvalue weighted by Gasteiger charge is -2.49. The molecule has 3 aromatic heterocycles. The highest BCUT2D eigenvalue weighted by Gasteiger charge is 2.49. The van der Waals surface area contributed by atoms with Crippen LogP contribution < -0.4 is 11.0 Å². The normalized spacial score (nSPS) is 21.3. The Morgan fingerprint density at radius 3 is 2.36 bits per heavy atom. The number of rotatable bonds is 6. The summed E-state index contributed by atoms with van der Waals surface area (Å²) < 4.78 is 45.1. The molecule has 256 valence electrons. The summed E-state index contributed by atoms with van der Waals surface area (Å²) >= 11 is 3.48. The fourth-order valence-electron chi connectivity index (χ4n) is 6.07. The van der Waals surface area contributed by atoms with Gasteiger partial charge in [-0.25, -0.2) is 27.0 Å². The van der Waals surface area contributed by atoms with E-state index in [4.69, 9.17) is 9.16 Å². The second-order valence-corrected chi connectivity index (χ2v) is 22.7. The summed E-state index contributed by atoms with van der Waals surface area (Å²) in [5.41, 5.74) is -0.244. The number of fused-ring (bicyclic) bond motifs is 3. The number of nitrogens with zero attached hydrogens (tertiary/aromatic N) is 4. The van der Waals surface area contributed by atoms with Crippen LogP contribution in [0.25, 0.3) is 22.1 Å². The Bertz CT molecular complexity index is 2010. The van der Waals surface area contributed by atoms with Gasteiger partial charge < -0.3 is 14.5 Å². The Morgan fingerprint density at radius 1 is 1.13 bits per heavy atom. The second-order valence-electron chi connectivity index (χ2n) is 15.3. The number of aryl methyl sites for hydroxylation is 1. The van der Waals surface area contributed by atoms with Crippen molar-refractivity contribution in [2.45, 2.75) is 114 Å². The number of benzene rings is 1. The first-order chi connectivity index (χ1) is 21.6. The number of alkyl carbamates (subject to hydrolysis) is 1. The van der Waals surface area contributed by atoms with E-state index in [1.807, 2.05) is 27.7 Å². The third-order valence-electron chi connectivity index (χ3n) is 9.66. The zero-order valence-corrected chi connectivity index (χ0v) is 32.2. The number of imidazole rings is 1. The molecule has 1 N–H and O–H groups in total. The molecule has 0 saturated heterocycles. The molecule has 3 heterocycles. The number of amides is 1. The van der Waals surface area contributed by atoms with E-state index in [9.17, 15) is 18.0 Å². The van der Waals surface area contributed by atoms with E-state index < -0.39 is 41.7 Å². The molecule has 4 aromatic rings. The fraction of sp³-hybridized carbons (Fsp3) is 0.545. The number of hydrogen-bond donors (Lipinski definition) is 1. The maximum atomic E-state index is 14.0. The van der Waals surface area contributed by atoms with E-state index in [1.165, 1.54) is 16.1 Å². The summed E-state index contributed by atoms with van der Waals surface area (Å²) in [7, 11) is -4.65. The van der Waals surface area contributed by atoms with Crippen molar-refractivity contribution in [2.24, 2.45) is 7.05 Å². The van der Waals surface area contributed by atoms with Crippen LogP contribution in [0, 0.1) is 0 Å². The van der Waals surface area contributed by atoms with Gasteiger partial charge in [-0.1, -0.05) is 39.0 Å². The average Bonchev–Trinajstić information content (AvgIpc) is 3.42. The van der Waals surface area contributed by atoms with Gasteiger partial charge in [0.15, 0.2) is 14.0 Å². The van der Waals surface area contributed by atoms with Crippen molar-refractivity contribution in [1.82, 2.24) is 23.4 Å². The maximum Gasteiger partial charge on any atom is 0.408 e. The summed E-state index contributed by atoms with van der Waals surface area (Å²) in [5, 5.41) is 3.57. The van der Waals surface area contributed by atoms with Gasteiger partial charge in [0.1, 0.15) is 10.2 Å². The average molecular weight is 749 g/mol. The molecule has 1 fully saturated rings. The number of carbonyl (C=O) groups is 1. The van der Waals surface area contributed by atoms with Gasteiger partial charge in [-0.3, -0.25) is 9.13 Å². The predicted molar refractivity (Wildman–Crippen MR) is 190 cm³/mol. The van der Waals surface area contributed by atoms with E-state index >= 15 is 0 Å². The molecule has 5 rings (SSSR count). The van der Waals surface area contributed by atoms with E-state index in [2.05, 4.69) is 60.1 Å². The molecule has 1 aliphatic rings. The lowest BCUT2D eigenvalue weighted by molar-refractivity contribution is 0.00459. The molecule has 0 radical (unpaired) electrons. The first-order valence-corrected chi connectivity index (χ1v) is 21.0. The minimum absolute atomic E-state index is 0.0969. The van der Waals surface area contributed by atoms with E-state index in [0.717, 1.165) is 0 Å². The standard InChI is InChI=1S/C33H46BrN5O6SSi/c1-31(2,3)44-29(40)36-33(7)17-16-21(18-25(33)45-47(9,10)32(4,5)6)38-27-23-19-26(34)39(46(42,43)22-14-12-11-13-15-22)28(23)35-20-24(27)37(8)30(38)41/h11-15,19-21,25H,16-18H2,1-10H3,(H,36,40)/t21-,25+,33+/m0/s1. The van der Waals surface area contributed by atoms with Gasteiger partial charge in [0.25, 0.3) is 10.0 Å². The third-order valence-corrected chi connectivity index (χ3v) is 16.7. The Kier molecular flexibility index (Phi) is 8.94. The van der Waals surface area contributed by atoms with Gasteiger partial charge in [-0.15, -0.1) is 0 Å². The molecule has 1 saturated carbocycles. The van der Waals surface area contributed by atoms with Crippen LogP contribution in [-0.4, -0.2) is 58.2 Å². The van der Waals surface area contributed by atoms with Crippen molar-refractivity contribution >= 4 is 62.4 Å². The summed E-state index contributed by atoms with van der Waals surface area (Å²) in [6.45, 7) is 18.3. The number of ether oxygens (including phenoxy) is 1. The SMILES string of the molecule is Cn1c(=O)n([C@H]2CC[C@@](C)(NC(=O)OC(C)(C)C)[C@H](O[Si](C)(C)C(C)(C)C)C2)c2c3cc(Br)n(S(=O)(=O)c4ccccc4)c3ncc21. The Balaban J connectivity index is 1.64. The number of pyridine rings is 1. The molecule has 11 nitrogen and oxygen atoms in total.